The zero-order valence-corrected chi connectivity index (χ0v) is 12.4. The molecule has 0 aliphatic rings. The van der Waals surface area contributed by atoms with Crippen LogP contribution in [0.15, 0.2) is 42.5 Å². The van der Waals surface area contributed by atoms with Gasteiger partial charge < -0.3 is 4.74 Å². The minimum Gasteiger partial charge on any atom is -0.494 e. The van der Waals surface area contributed by atoms with Crippen molar-refractivity contribution in [1.29, 1.82) is 0 Å². The van der Waals surface area contributed by atoms with Crippen LogP contribution in [-0.4, -0.2) is 12.4 Å². The van der Waals surface area contributed by atoms with Gasteiger partial charge in [0.05, 0.1) is 6.61 Å². The van der Waals surface area contributed by atoms with E-state index >= 15 is 0 Å². The molecule has 0 atom stereocenters. The molecule has 21 heavy (non-hydrogen) atoms. The van der Waals surface area contributed by atoms with Gasteiger partial charge in [0, 0.05) is 11.1 Å². The van der Waals surface area contributed by atoms with Crippen LogP contribution >= 0.6 is 0 Å². The number of hydrogen-bond acceptors (Lipinski definition) is 2. The topological polar surface area (TPSA) is 26.3 Å². The quantitative estimate of drug-likeness (QED) is 0.575. The molecule has 2 rings (SSSR count). The molecule has 0 aliphatic heterocycles. The Morgan fingerprint density at radius 3 is 2.38 bits per heavy atom. The van der Waals surface area contributed by atoms with Crippen LogP contribution in [0.25, 0.3) is 0 Å². The maximum Gasteiger partial charge on any atom is 0.193 e. The van der Waals surface area contributed by atoms with E-state index in [0.29, 0.717) is 23.3 Å². The molecule has 2 aromatic rings. The van der Waals surface area contributed by atoms with E-state index in [-0.39, 0.29) is 11.6 Å². The molecule has 0 aliphatic carbocycles. The molecule has 0 N–H and O–H groups in total. The SMILES string of the molecule is CCCCOc1ccc(C(=O)c2ccc(F)c(C)c2)cc1. The summed E-state index contributed by atoms with van der Waals surface area (Å²) in [6, 6.07) is 11.5. The smallest absolute Gasteiger partial charge is 0.193 e. The second-order valence-corrected chi connectivity index (χ2v) is 5.02. The van der Waals surface area contributed by atoms with Crippen LogP contribution in [0.5, 0.6) is 5.75 Å². The third-order valence-electron chi connectivity index (χ3n) is 3.30. The number of ketones is 1. The van der Waals surface area contributed by atoms with Crippen LogP contribution in [0.2, 0.25) is 0 Å². The van der Waals surface area contributed by atoms with Crippen LogP contribution < -0.4 is 4.74 Å². The summed E-state index contributed by atoms with van der Waals surface area (Å²) in [5.41, 5.74) is 1.54. The highest BCUT2D eigenvalue weighted by Crippen LogP contribution is 2.17. The number of ether oxygens (including phenoxy) is 1. The Balaban J connectivity index is 2.10. The van der Waals surface area contributed by atoms with E-state index in [1.807, 2.05) is 0 Å². The Kier molecular flexibility index (Phi) is 5.09. The fraction of sp³-hybridized carbons (Fsp3) is 0.278. The number of carbonyl (C=O) groups is 1. The lowest BCUT2D eigenvalue weighted by Crippen LogP contribution is -2.03. The first kappa shape index (κ1) is 15.2. The standard InChI is InChI=1S/C18H19FO2/c1-3-4-11-21-16-8-5-14(6-9-16)18(20)15-7-10-17(19)13(2)12-15/h5-10,12H,3-4,11H2,1-2H3. The number of benzene rings is 2. The van der Waals surface area contributed by atoms with Gasteiger partial charge in [0.1, 0.15) is 11.6 Å². The summed E-state index contributed by atoms with van der Waals surface area (Å²) in [6.07, 6.45) is 2.09. The molecule has 3 heteroatoms. The van der Waals surface area contributed by atoms with E-state index in [1.54, 1.807) is 37.3 Å². The summed E-state index contributed by atoms with van der Waals surface area (Å²) in [5, 5.41) is 0. The van der Waals surface area contributed by atoms with Crippen molar-refractivity contribution >= 4 is 5.78 Å². The van der Waals surface area contributed by atoms with Gasteiger partial charge in [-0.2, -0.15) is 0 Å². The van der Waals surface area contributed by atoms with E-state index in [1.165, 1.54) is 12.1 Å². The van der Waals surface area contributed by atoms with Crippen molar-refractivity contribution in [2.24, 2.45) is 0 Å². The van der Waals surface area contributed by atoms with E-state index in [0.717, 1.165) is 18.6 Å². The van der Waals surface area contributed by atoms with Crippen LogP contribution in [0.3, 0.4) is 0 Å². The molecule has 110 valence electrons. The van der Waals surface area contributed by atoms with Crippen LogP contribution in [0.4, 0.5) is 4.39 Å². The van der Waals surface area contributed by atoms with Crippen molar-refractivity contribution in [3.8, 4) is 5.75 Å². The lowest BCUT2D eigenvalue weighted by atomic mass is 10.0. The third kappa shape index (κ3) is 3.91. The molecular formula is C18H19FO2. The van der Waals surface area contributed by atoms with Crippen molar-refractivity contribution in [2.45, 2.75) is 26.7 Å². The minimum atomic E-state index is -0.300. The Morgan fingerprint density at radius 1 is 1.10 bits per heavy atom. The number of halogens is 1. The van der Waals surface area contributed by atoms with E-state index in [4.69, 9.17) is 4.74 Å². The van der Waals surface area contributed by atoms with Crippen LogP contribution in [0, 0.1) is 12.7 Å². The monoisotopic (exact) mass is 286 g/mol. The summed E-state index contributed by atoms with van der Waals surface area (Å²) < 4.78 is 18.8. The second-order valence-electron chi connectivity index (χ2n) is 5.02. The molecule has 0 spiro atoms. The van der Waals surface area contributed by atoms with Gasteiger partial charge in [0.15, 0.2) is 5.78 Å². The zero-order chi connectivity index (χ0) is 15.2. The molecular weight excluding hydrogens is 267 g/mol. The molecule has 0 aromatic heterocycles. The van der Waals surface area contributed by atoms with E-state index < -0.39 is 0 Å². The number of aryl methyl sites for hydroxylation is 1. The molecule has 2 aromatic carbocycles. The van der Waals surface area contributed by atoms with Gasteiger partial charge >= 0.3 is 0 Å². The lowest BCUT2D eigenvalue weighted by molar-refractivity contribution is 0.103. The molecule has 0 bridgehead atoms. The van der Waals surface area contributed by atoms with Crippen molar-refractivity contribution in [1.82, 2.24) is 0 Å². The van der Waals surface area contributed by atoms with Crippen molar-refractivity contribution in [3.05, 3.63) is 65.0 Å². The first-order valence-corrected chi connectivity index (χ1v) is 7.15. The fourth-order valence-corrected chi connectivity index (χ4v) is 1.99. The van der Waals surface area contributed by atoms with Gasteiger partial charge in [-0.3, -0.25) is 4.79 Å². The maximum absolute atomic E-state index is 13.2. The third-order valence-corrected chi connectivity index (χ3v) is 3.30. The first-order chi connectivity index (χ1) is 10.1. The Bertz CT molecular complexity index is 618. The summed E-state index contributed by atoms with van der Waals surface area (Å²) in [6.45, 7) is 4.44. The molecule has 0 fully saturated rings. The van der Waals surface area contributed by atoms with Crippen molar-refractivity contribution in [3.63, 3.8) is 0 Å². The Morgan fingerprint density at radius 2 is 1.76 bits per heavy atom. The summed E-state index contributed by atoms with van der Waals surface area (Å²) in [7, 11) is 0. The van der Waals surface area contributed by atoms with Crippen molar-refractivity contribution in [2.75, 3.05) is 6.61 Å². The highest BCUT2D eigenvalue weighted by atomic mass is 19.1. The normalized spacial score (nSPS) is 10.4. The number of carbonyl (C=O) groups excluding carboxylic acids is 1. The molecule has 2 nitrogen and oxygen atoms in total. The molecule has 0 unspecified atom stereocenters. The Labute approximate surface area is 124 Å². The molecule has 0 radical (unpaired) electrons. The fourth-order valence-electron chi connectivity index (χ4n) is 1.99. The van der Waals surface area contributed by atoms with Gasteiger partial charge in [-0.1, -0.05) is 13.3 Å². The first-order valence-electron chi connectivity index (χ1n) is 7.15. The second kappa shape index (κ2) is 7.02. The molecule has 0 amide bonds. The number of rotatable bonds is 6. The van der Waals surface area contributed by atoms with Gasteiger partial charge in [-0.15, -0.1) is 0 Å². The zero-order valence-electron chi connectivity index (χ0n) is 12.4. The van der Waals surface area contributed by atoms with Gasteiger partial charge in [0.25, 0.3) is 0 Å². The maximum atomic E-state index is 13.2. The average Bonchev–Trinajstić information content (AvgIpc) is 2.50. The Hall–Kier alpha value is -2.16. The van der Waals surface area contributed by atoms with Crippen molar-refractivity contribution < 1.29 is 13.9 Å². The van der Waals surface area contributed by atoms with Crippen LogP contribution in [-0.2, 0) is 0 Å². The van der Waals surface area contributed by atoms with Crippen LogP contribution in [0.1, 0.15) is 41.3 Å². The highest BCUT2D eigenvalue weighted by Gasteiger charge is 2.10. The lowest BCUT2D eigenvalue weighted by Gasteiger charge is -2.07. The number of unbranched alkanes of at least 4 members (excludes halogenated alkanes) is 1. The highest BCUT2D eigenvalue weighted by molar-refractivity contribution is 6.09. The molecule has 0 saturated carbocycles. The van der Waals surface area contributed by atoms with E-state index in [2.05, 4.69) is 6.92 Å². The van der Waals surface area contributed by atoms with E-state index in [9.17, 15) is 9.18 Å². The largest absolute Gasteiger partial charge is 0.494 e. The number of hydrogen-bond donors (Lipinski definition) is 0. The average molecular weight is 286 g/mol. The van der Waals surface area contributed by atoms with Gasteiger partial charge in [0.2, 0.25) is 0 Å². The molecule has 0 saturated heterocycles. The molecule has 0 heterocycles. The summed E-state index contributed by atoms with van der Waals surface area (Å²) >= 11 is 0. The predicted octanol–water partition coefficient (Wildman–Crippen LogP) is 4.54. The minimum absolute atomic E-state index is 0.113. The van der Waals surface area contributed by atoms with Gasteiger partial charge in [-0.25, -0.2) is 4.39 Å². The summed E-state index contributed by atoms with van der Waals surface area (Å²) in [5.74, 6) is 0.347. The van der Waals surface area contributed by atoms with Gasteiger partial charge in [-0.05, 0) is 61.4 Å². The predicted molar refractivity (Wildman–Crippen MR) is 81.4 cm³/mol. The summed E-state index contributed by atoms with van der Waals surface area (Å²) in [4.78, 5) is 12.3.